The topological polar surface area (TPSA) is 157 Å². The highest BCUT2D eigenvalue weighted by molar-refractivity contribution is 5.88. The number of hydrogen-bond donors (Lipinski definition) is 4. The van der Waals surface area contributed by atoms with Crippen LogP contribution in [0.4, 0.5) is 5.82 Å². The third-order valence-electron chi connectivity index (χ3n) is 4.34. The molecule has 1 fully saturated rings. The summed E-state index contributed by atoms with van der Waals surface area (Å²) in [6.45, 7) is 1.94. The maximum atomic E-state index is 12.3. The standard InChI is InChI=1S/C15H21N5O5/c1-2-3-4-7(21)9(22)12-10(23)11(24)15(25-12)20-6-19-8-13(16)17-5-18-14(8)20/h5-7,10-12,15,21,23-24H,2-4H2,1H3,(H2,16,17,18)/t7?,10-,11-,12+,15+/m0/s1. The molecule has 2 aromatic heterocycles. The lowest BCUT2D eigenvalue weighted by Crippen LogP contribution is -2.41. The Morgan fingerprint density at radius 2 is 2.12 bits per heavy atom. The second-order valence-electron chi connectivity index (χ2n) is 6.07. The molecule has 0 amide bonds. The monoisotopic (exact) mass is 351 g/mol. The first-order valence-corrected chi connectivity index (χ1v) is 8.12. The number of fused-ring (bicyclic) bond motifs is 1. The van der Waals surface area contributed by atoms with E-state index in [0.717, 1.165) is 6.42 Å². The number of aromatic nitrogens is 4. The molecule has 5 atom stereocenters. The van der Waals surface area contributed by atoms with Crippen molar-refractivity contribution in [1.29, 1.82) is 0 Å². The molecule has 0 spiro atoms. The van der Waals surface area contributed by atoms with Crippen molar-refractivity contribution in [3.63, 3.8) is 0 Å². The summed E-state index contributed by atoms with van der Waals surface area (Å²) in [7, 11) is 0. The van der Waals surface area contributed by atoms with Crippen LogP contribution >= 0.6 is 0 Å². The molecule has 1 aliphatic rings. The van der Waals surface area contributed by atoms with Gasteiger partial charge in [0.05, 0.1) is 6.33 Å². The largest absolute Gasteiger partial charge is 0.387 e. The molecule has 1 saturated heterocycles. The zero-order valence-electron chi connectivity index (χ0n) is 13.7. The number of rotatable bonds is 6. The maximum Gasteiger partial charge on any atom is 0.192 e. The fraction of sp³-hybridized carbons (Fsp3) is 0.600. The van der Waals surface area contributed by atoms with Gasteiger partial charge in [-0.2, -0.15) is 0 Å². The van der Waals surface area contributed by atoms with Crippen LogP contribution in [-0.4, -0.2) is 65.0 Å². The van der Waals surface area contributed by atoms with Crippen molar-refractivity contribution >= 4 is 22.8 Å². The number of Topliss-reactive ketones (excluding diaryl/α,β-unsaturated/α-hetero) is 1. The highest BCUT2D eigenvalue weighted by Gasteiger charge is 2.48. The predicted molar refractivity (Wildman–Crippen MR) is 86.2 cm³/mol. The lowest BCUT2D eigenvalue weighted by Gasteiger charge is -2.17. The van der Waals surface area contributed by atoms with Gasteiger partial charge in [0.25, 0.3) is 0 Å². The number of aliphatic hydroxyl groups excluding tert-OH is 3. The highest BCUT2D eigenvalue weighted by atomic mass is 16.6. The van der Waals surface area contributed by atoms with E-state index in [2.05, 4.69) is 15.0 Å². The van der Waals surface area contributed by atoms with E-state index in [9.17, 15) is 20.1 Å². The summed E-state index contributed by atoms with van der Waals surface area (Å²) in [5.74, 6) is -0.486. The van der Waals surface area contributed by atoms with Gasteiger partial charge >= 0.3 is 0 Å². The van der Waals surface area contributed by atoms with Crippen molar-refractivity contribution in [2.75, 3.05) is 5.73 Å². The number of ketones is 1. The van der Waals surface area contributed by atoms with Gasteiger partial charge in [-0.1, -0.05) is 19.8 Å². The number of carbonyl (C=O) groups is 1. The number of hydrogen-bond acceptors (Lipinski definition) is 9. The van der Waals surface area contributed by atoms with Crippen LogP contribution in [-0.2, 0) is 9.53 Å². The average Bonchev–Trinajstić information content (AvgIpc) is 3.15. The number of imidazole rings is 1. The normalized spacial score (nSPS) is 27.7. The Bertz CT molecular complexity index is 766. The molecule has 0 aliphatic carbocycles. The van der Waals surface area contributed by atoms with Crippen molar-refractivity contribution in [1.82, 2.24) is 19.5 Å². The molecular weight excluding hydrogens is 330 g/mol. The zero-order valence-corrected chi connectivity index (χ0v) is 13.7. The quantitative estimate of drug-likeness (QED) is 0.520. The smallest absolute Gasteiger partial charge is 0.192 e. The molecule has 136 valence electrons. The van der Waals surface area contributed by atoms with Gasteiger partial charge in [0.2, 0.25) is 0 Å². The predicted octanol–water partition coefficient (Wildman–Crippen LogP) is -0.852. The molecule has 25 heavy (non-hydrogen) atoms. The highest BCUT2D eigenvalue weighted by Crippen LogP contribution is 2.33. The summed E-state index contributed by atoms with van der Waals surface area (Å²) in [6.07, 6.45) is -2.16. The Labute approximate surface area is 143 Å². The molecule has 0 radical (unpaired) electrons. The molecule has 0 bridgehead atoms. The first kappa shape index (κ1) is 17.7. The minimum absolute atomic E-state index is 0.166. The van der Waals surface area contributed by atoms with Crippen molar-refractivity contribution in [3.05, 3.63) is 12.7 Å². The SMILES string of the molecule is CCCCC(O)C(=O)[C@H]1O[C@@H](n2cnc3c(N)ncnc32)[C@@H](O)[C@@H]1O. The van der Waals surface area contributed by atoms with E-state index in [1.54, 1.807) is 0 Å². The van der Waals surface area contributed by atoms with Crippen molar-refractivity contribution in [2.24, 2.45) is 0 Å². The molecule has 1 aliphatic heterocycles. The molecule has 0 aromatic carbocycles. The lowest BCUT2D eigenvalue weighted by molar-refractivity contribution is -0.144. The van der Waals surface area contributed by atoms with Gasteiger partial charge in [-0.25, -0.2) is 15.0 Å². The van der Waals surface area contributed by atoms with Crippen LogP contribution in [0.2, 0.25) is 0 Å². The third-order valence-corrected chi connectivity index (χ3v) is 4.34. The molecule has 3 heterocycles. The fourth-order valence-electron chi connectivity index (χ4n) is 2.91. The minimum Gasteiger partial charge on any atom is -0.387 e. The van der Waals surface area contributed by atoms with Crippen LogP contribution in [0.3, 0.4) is 0 Å². The van der Waals surface area contributed by atoms with Crippen molar-refractivity contribution in [2.45, 2.75) is 56.8 Å². The van der Waals surface area contributed by atoms with Crippen molar-refractivity contribution < 1.29 is 24.9 Å². The number of aliphatic hydroxyl groups is 3. The second kappa shape index (κ2) is 7.00. The Morgan fingerprint density at radius 1 is 1.36 bits per heavy atom. The Morgan fingerprint density at radius 3 is 2.84 bits per heavy atom. The number of nitrogen functional groups attached to an aromatic ring is 1. The molecule has 10 heteroatoms. The van der Waals surface area contributed by atoms with E-state index in [4.69, 9.17) is 10.5 Å². The molecule has 1 unspecified atom stereocenters. The second-order valence-corrected chi connectivity index (χ2v) is 6.07. The van der Waals surface area contributed by atoms with Gasteiger partial charge in [0.15, 0.2) is 23.5 Å². The molecule has 0 saturated carbocycles. The molecule has 5 N–H and O–H groups in total. The third kappa shape index (κ3) is 3.09. The van der Waals surface area contributed by atoms with E-state index in [1.165, 1.54) is 17.2 Å². The van der Waals surface area contributed by atoms with Gasteiger partial charge in [-0.3, -0.25) is 9.36 Å². The summed E-state index contributed by atoms with van der Waals surface area (Å²) in [6, 6.07) is 0. The molecule has 3 rings (SSSR count). The van der Waals surface area contributed by atoms with E-state index in [0.29, 0.717) is 17.6 Å². The molecule has 10 nitrogen and oxygen atoms in total. The first-order chi connectivity index (χ1) is 12.0. The number of nitrogens with two attached hydrogens (primary N) is 1. The van der Waals surface area contributed by atoms with Gasteiger partial charge < -0.3 is 25.8 Å². The summed E-state index contributed by atoms with van der Waals surface area (Å²) in [5, 5.41) is 30.5. The summed E-state index contributed by atoms with van der Waals surface area (Å²) in [4.78, 5) is 24.3. The lowest BCUT2D eigenvalue weighted by atomic mass is 10.00. The minimum atomic E-state index is -1.47. The summed E-state index contributed by atoms with van der Waals surface area (Å²) >= 11 is 0. The van der Waals surface area contributed by atoms with E-state index >= 15 is 0 Å². The van der Waals surface area contributed by atoms with E-state index in [-0.39, 0.29) is 12.2 Å². The van der Waals surface area contributed by atoms with Gasteiger partial charge in [-0.05, 0) is 6.42 Å². The Kier molecular flexibility index (Phi) is 4.95. The van der Waals surface area contributed by atoms with Crippen LogP contribution in [0, 0.1) is 0 Å². The molecular formula is C15H21N5O5. The number of nitrogens with zero attached hydrogens (tertiary/aromatic N) is 4. The number of carbonyl (C=O) groups excluding carboxylic acids is 1. The van der Waals surface area contributed by atoms with Crippen LogP contribution in [0.25, 0.3) is 11.2 Å². The summed E-state index contributed by atoms with van der Waals surface area (Å²) < 4.78 is 6.94. The Balaban J connectivity index is 1.84. The zero-order chi connectivity index (χ0) is 18.1. The van der Waals surface area contributed by atoms with E-state index < -0.39 is 36.4 Å². The van der Waals surface area contributed by atoms with E-state index in [1.807, 2.05) is 6.92 Å². The van der Waals surface area contributed by atoms with Crippen LogP contribution in [0.5, 0.6) is 0 Å². The maximum absolute atomic E-state index is 12.3. The summed E-state index contributed by atoms with van der Waals surface area (Å²) in [5.41, 5.74) is 6.36. The van der Waals surface area contributed by atoms with Crippen LogP contribution in [0.15, 0.2) is 12.7 Å². The van der Waals surface area contributed by atoms with Crippen LogP contribution in [0.1, 0.15) is 32.4 Å². The number of ether oxygens (including phenoxy) is 1. The fourth-order valence-corrected chi connectivity index (χ4v) is 2.91. The first-order valence-electron chi connectivity index (χ1n) is 8.12. The van der Waals surface area contributed by atoms with Crippen LogP contribution < -0.4 is 5.73 Å². The van der Waals surface area contributed by atoms with Crippen molar-refractivity contribution in [3.8, 4) is 0 Å². The number of anilines is 1. The van der Waals surface area contributed by atoms with Gasteiger partial charge in [0.1, 0.15) is 36.3 Å². The Hall–Kier alpha value is -2.14. The molecule has 2 aromatic rings. The van der Waals surface area contributed by atoms with Gasteiger partial charge in [0, 0.05) is 0 Å². The average molecular weight is 351 g/mol. The van der Waals surface area contributed by atoms with Gasteiger partial charge in [-0.15, -0.1) is 0 Å². The number of unbranched alkanes of at least 4 members (excludes halogenated alkanes) is 1.